The summed E-state index contributed by atoms with van der Waals surface area (Å²) < 4.78 is 13.4. The fraction of sp³-hybridized carbons (Fsp3) is 0.278. The number of hydrogen-bond acceptors (Lipinski definition) is 14. The highest BCUT2D eigenvalue weighted by molar-refractivity contribution is 5.95. The number of carboxylic acids is 4. The van der Waals surface area contributed by atoms with E-state index in [1.807, 2.05) is 13.8 Å². The first-order valence-electron chi connectivity index (χ1n) is 17.6. The van der Waals surface area contributed by atoms with E-state index in [1.165, 1.54) is 33.4 Å². The zero-order valence-corrected chi connectivity index (χ0v) is 31.0. The molecule has 0 bridgehead atoms. The number of carbonyl (C=O) groups is 4. The SMILES string of the molecule is CCCCOc1nc(N)c2[nH]c(=O)n(Cc3cc(C(=O)O)cc(C(=O)O)c3)c2n1.CCCCOc1nc(N)c2[nH]c(=O)n(Cc3cc(C(=O)O)cc(C(=O)O)c3)c2n1. The van der Waals surface area contributed by atoms with Gasteiger partial charge in [-0.2, -0.15) is 19.9 Å². The Bertz CT molecular complexity index is 2420. The highest BCUT2D eigenvalue weighted by Gasteiger charge is 2.19. The van der Waals surface area contributed by atoms with Crippen LogP contribution in [0, 0.1) is 0 Å². The van der Waals surface area contributed by atoms with Crippen molar-refractivity contribution in [3.8, 4) is 12.0 Å². The van der Waals surface area contributed by atoms with Crippen molar-refractivity contribution in [3.63, 3.8) is 0 Å². The van der Waals surface area contributed by atoms with Gasteiger partial charge in [0.05, 0.1) is 48.6 Å². The Morgan fingerprint density at radius 1 is 0.586 bits per heavy atom. The highest BCUT2D eigenvalue weighted by Crippen LogP contribution is 2.22. The van der Waals surface area contributed by atoms with E-state index in [0.717, 1.165) is 37.8 Å². The molecule has 0 saturated carbocycles. The van der Waals surface area contributed by atoms with Crippen LogP contribution >= 0.6 is 0 Å². The van der Waals surface area contributed by atoms with Crippen molar-refractivity contribution < 1.29 is 49.1 Å². The summed E-state index contributed by atoms with van der Waals surface area (Å²) in [6, 6.07) is 7.31. The number of anilines is 2. The zero-order chi connectivity index (χ0) is 42.3. The monoisotopic (exact) mass is 802 g/mol. The summed E-state index contributed by atoms with van der Waals surface area (Å²) in [5.74, 6) is -5.05. The van der Waals surface area contributed by atoms with Gasteiger partial charge in [-0.3, -0.25) is 9.13 Å². The quantitative estimate of drug-likeness (QED) is 0.0652. The third-order valence-corrected chi connectivity index (χ3v) is 8.37. The Morgan fingerprint density at radius 3 is 1.21 bits per heavy atom. The van der Waals surface area contributed by atoms with Crippen LogP contribution in [0.25, 0.3) is 22.3 Å². The number of nitrogens with one attached hydrogen (secondary N) is 2. The number of aromatic nitrogens is 8. The lowest BCUT2D eigenvalue weighted by molar-refractivity contribution is 0.0676. The molecule has 10 N–H and O–H groups in total. The third-order valence-electron chi connectivity index (χ3n) is 8.37. The summed E-state index contributed by atoms with van der Waals surface area (Å²) >= 11 is 0. The lowest BCUT2D eigenvalue weighted by Crippen LogP contribution is -2.18. The average Bonchev–Trinajstić information content (AvgIpc) is 3.66. The van der Waals surface area contributed by atoms with E-state index in [2.05, 4.69) is 29.9 Å². The topological polar surface area (TPSA) is 347 Å². The number of nitrogens with two attached hydrogens (primary N) is 2. The van der Waals surface area contributed by atoms with Gasteiger partial charge in [0.2, 0.25) is 0 Å². The molecule has 0 fully saturated rings. The molecular weight excluding hydrogens is 764 g/mol. The molecule has 0 spiro atoms. The molecule has 0 aliphatic carbocycles. The smallest absolute Gasteiger partial charge is 0.335 e. The van der Waals surface area contributed by atoms with Crippen molar-refractivity contribution in [3.05, 3.63) is 90.7 Å². The van der Waals surface area contributed by atoms with Crippen molar-refractivity contribution in [2.45, 2.75) is 52.6 Å². The van der Waals surface area contributed by atoms with Gasteiger partial charge in [0.25, 0.3) is 0 Å². The molecule has 304 valence electrons. The van der Waals surface area contributed by atoms with Gasteiger partial charge in [0, 0.05) is 0 Å². The number of fused-ring (bicyclic) bond motifs is 2. The molecular formula is C36H38N10O12. The predicted octanol–water partition coefficient (Wildman–Crippen LogP) is 2.65. The lowest BCUT2D eigenvalue weighted by atomic mass is 10.1. The van der Waals surface area contributed by atoms with E-state index in [1.54, 1.807) is 0 Å². The molecule has 58 heavy (non-hydrogen) atoms. The molecule has 0 unspecified atom stereocenters. The minimum absolute atomic E-state index is 0.0155. The fourth-order valence-corrected chi connectivity index (χ4v) is 5.53. The van der Waals surface area contributed by atoms with Gasteiger partial charge in [-0.15, -0.1) is 0 Å². The molecule has 0 aliphatic heterocycles. The van der Waals surface area contributed by atoms with Crippen molar-refractivity contribution in [1.82, 2.24) is 39.0 Å². The summed E-state index contributed by atoms with van der Waals surface area (Å²) in [6.07, 6.45) is 3.42. The van der Waals surface area contributed by atoms with Crippen LogP contribution in [-0.4, -0.2) is 96.6 Å². The number of hydrogen-bond donors (Lipinski definition) is 8. The molecule has 4 heterocycles. The minimum Gasteiger partial charge on any atom is -0.478 e. The molecule has 22 heteroatoms. The van der Waals surface area contributed by atoms with E-state index < -0.39 is 35.3 Å². The second kappa shape index (κ2) is 17.8. The summed E-state index contributed by atoms with van der Waals surface area (Å²) in [4.78, 5) is 91.6. The number of aromatic amines is 2. The Morgan fingerprint density at radius 2 is 0.914 bits per heavy atom. The summed E-state index contributed by atoms with van der Waals surface area (Å²) in [6.45, 7) is 4.54. The number of rotatable bonds is 16. The minimum atomic E-state index is -1.28. The first-order valence-corrected chi connectivity index (χ1v) is 17.6. The maximum absolute atomic E-state index is 12.4. The number of benzene rings is 2. The van der Waals surface area contributed by atoms with Crippen LogP contribution in [-0.2, 0) is 13.1 Å². The Kier molecular flexibility index (Phi) is 12.7. The number of imidazole rings is 2. The van der Waals surface area contributed by atoms with Crippen LogP contribution in [0.5, 0.6) is 12.0 Å². The number of H-pyrrole nitrogens is 2. The predicted molar refractivity (Wildman–Crippen MR) is 205 cm³/mol. The van der Waals surface area contributed by atoms with E-state index in [0.29, 0.717) is 24.3 Å². The molecule has 6 aromatic rings. The first-order chi connectivity index (χ1) is 27.6. The van der Waals surface area contributed by atoms with Gasteiger partial charge in [-0.25, -0.2) is 28.8 Å². The summed E-state index contributed by atoms with van der Waals surface area (Å²) in [7, 11) is 0. The summed E-state index contributed by atoms with van der Waals surface area (Å²) in [5.41, 5.74) is 11.2. The summed E-state index contributed by atoms with van der Waals surface area (Å²) in [5, 5.41) is 36.9. The molecule has 22 nitrogen and oxygen atoms in total. The molecule has 0 amide bonds. The normalized spacial score (nSPS) is 10.9. The third kappa shape index (κ3) is 9.53. The van der Waals surface area contributed by atoms with E-state index in [-0.39, 0.29) is 81.3 Å². The standard InChI is InChI=1S/2C18H19N5O6/c2*1-2-3-4-29-17-21-13(19)12-14(22-17)23(18(28)20-12)8-9-5-10(15(24)25)7-11(6-9)16(26)27/h2*5-7H,2-4,8H2,1H3,(H,20,28)(H,24,25)(H,26,27)(H2,19,21,22). The van der Waals surface area contributed by atoms with Gasteiger partial charge >= 0.3 is 47.3 Å². The number of ether oxygens (including phenoxy) is 2. The maximum Gasteiger partial charge on any atom is 0.335 e. The first kappa shape index (κ1) is 41.4. The second-order valence-corrected chi connectivity index (χ2v) is 12.7. The Hall–Kier alpha value is -7.78. The van der Waals surface area contributed by atoms with Gasteiger partial charge in [-0.1, -0.05) is 26.7 Å². The number of aromatic carboxylic acids is 4. The lowest BCUT2D eigenvalue weighted by Gasteiger charge is -2.08. The van der Waals surface area contributed by atoms with E-state index in [4.69, 9.17) is 20.9 Å². The van der Waals surface area contributed by atoms with E-state index >= 15 is 0 Å². The molecule has 0 atom stereocenters. The number of carboxylic acid groups (broad SMARTS) is 4. The molecule has 0 aliphatic rings. The average molecular weight is 803 g/mol. The molecule has 6 rings (SSSR count). The molecule has 0 radical (unpaired) electrons. The fourth-order valence-electron chi connectivity index (χ4n) is 5.53. The van der Waals surface area contributed by atoms with Gasteiger partial charge in [-0.05, 0) is 60.4 Å². The van der Waals surface area contributed by atoms with Crippen LogP contribution in [0.15, 0.2) is 46.0 Å². The van der Waals surface area contributed by atoms with Crippen molar-refractivity contribution in [1.29, 1.82) is 0 Å². The number of unbranched alkanes of at least 4 members (excludes halogenated alkanes) is 2. The van der Waals surface area contributed by atoms with Crippen LogP contribution in [0.4, 0.5) is 11.6 Å². The zero-order valence-electron chi connectivity index (χ0n) is 31.0. The Balaban J connectivity index is 0.000000221. The van der Waals surface area contributed by atoms with Crippen LogP contribution in [0.1, 0.15) is 92.1 Å². The van der Waals surface area contributed by atoms with Crippen LogP contribution < -0.4 is 32.3 Å². The Labute approximate surface area is 325 Å². The van der Waals surface area contributed by atoms with Crippen molar-refractivity contribution in [2.75, 3.05) is 24.7 Å². The highest BCUT2D eigenvalue weighted by atomic mass is 16.5. The maximum atomic E-state index is 12.4. The number of nitrogens with zero attached hydrogens (tertiary/aromatic N) is 6. The van der Waals surface area contributed by atoms with Crippen molar-refractivity contribution in [2.24, 2.45) is 0 Å². The largest absolute Gasteiger partial charge is 0.478 e. The molecule has 0 saturated heterocycles. The van der Waals surface area contributed by atoms with Crippen LogP contribution in [0.2, 0.25) is 0 Å². The van der Waals surface area contributed by atoms with Gasteiger partial charge in [0.15, 0.2) is 22.9 Å². The van der Waals surface area contributed by atoms with Crippen LogP contribution in [0.3, 0.4) is 0 Å². The van der Waals surface area contributed by atoms with Crippen molar-refractivity contribution >= 4 is 57.8 Å². The molecule has 2 aromatic carbocycles. The van der Waals surface area contributed by atoms with Gasteiger partial charge in [0.1, 0.15) is 11.0 Å². The van der Waals surface area contributed by atoms with E-state index in [9.17, 15) is 49.2 Å². The second-order valence-electron chi connectivity index (χ2n) is 12.7. The molecule has 4 aromatic heterocycles. The number of nitrogen functional groups attached to an aromatic ring is 2. The van der Waals surface area contributed by atoms with Gasteiger partial charge < -0.3 is 51.3 Å².